The van der Waals surface area contributed by atoms with Crippen LogP contribution in [0.4, 0.5) is 0 Å². The van der Waals surface area contributed by atoms with Crippen LogP contribution in [0.2, 0.25) is 0 Å². The Balaban J connectivity index is 1.97. The lowest BCUT2D eigenvalue weighted by Crippen LogP contribution is -2.44. The molecule has 2 rings (SSSR count). The lowest BCUT2D eigenvalue weighted by molar-refractivity contribution is -0.130. The van der Waals surface area contributed by atoms with Gasteiger partial charge in [0.25, 0.3) is 5.91 Å². The minimum absolute atomic E-state index is 0.0368. The highest BCUT2D eigenvalue weighted by molar-refractivity contribution is 8.00. The van der Waals surface area contributed by atoms with Gasteiger partial charge in [-0.25, -0.2) is 0 Å². The predicted octanol–water partition coefficient (Wildman–Crippen LogP) is 0.870. The maximum absolute atomic E-state index is 12.0. The first-order chi connectivity index (χ1) is 9.58. The largest absolute Gasteiger partial charge is 0.616 e. The molecule has 1 aliphatic heterocycles. The third kappa shape index (κ3) is 4.15. The molecular weight excluding hydrogens is 294 g/mol. The zero-order valence-electron chi connectivity index (χ0n) is 11.4. The Kier molecular flexibility index (Phi) is 5.77. The molecule has 0 radical (unpaired) electrons. The van der Waals surface area contributed by atoms with Gasteiger partial charge >= 0.3 is 0 Å². The van der Waals surface area contributed by atoms with Gasteiger partial charge in [-0.1, -0.05) is 30.3 Å². The Morgan fingerprint density at radius 3 is 2.90 bits per heavy atom. The molecule has 4 nitrogen and oxygen atoms in total. The zero-order chi connectivity index (χ0) is 14.5. The van der Waals surface area contributed by atoms with Gasteiger partial charge in [-0.3, -0.25) is 4.79 Å². The number of benzene rings is 1. The molecule has 1 unspecified atom stereocenters. The summed E-state index contributed by atoms with van der Waals surface area (Å²) < 4.78 is 11.2. The molecule has 1 heterocycles. The SMILES string of the molecule is C[S@+]([O-])CC(=O)N1CCS[C@H]1C(O)Cc1ccccc1. The Morgan fingerprint density at radius 2 is 2.25 bits per heavy atom. The van der Waals surface area contributed by atoms with Gasteiger partial charge in [0, 0.05) is 18.7 Å². The third-order valence-electron chi connectivity index (χ3n) is 3.19. The minimum atomic E-state index is -1.14. The number of rotatable bonds is 5. The second-order valence-electron chi connectivity index (χ2n) is 4.82. The van der Waals surface area contributed by atoms with Crippen LogP contribution in [-0.2, 0) is 22.4 Å². The molecule has 0 aliphatic carbocycles. The van der Waals surface area contributed by atoms with Gasteiger partial charge in [0.15, 0.2) is 5.75 Å². The topological polar surface area (TPSA) is 63.6 Å². The van der Waals surface area contributed by atoms with E-state index in [1.807, 2.05) is 30.3 Å². The van der Waals surface area contributed by atoms with E-state index < -0.39 is 17.3 Å². The number of amides is 1. The Morgan fingerprint density at radius 1 is 1.55 bits per heavy atom. The second-order valence-corrected chi connectivity index (χ2v) is 7.48. The highest BCUT2D eigenvalue weighted by atomic mass is 32.2. The standard InChI is InChI=1S/C14H19NO3S2/c1-20(18)10-13(17)15-7-8-19-14(15)12(16)9-11-5-3-2-4-6-11/h2-6,12,14,16H,7-10H2,1H3/t12?,14-,20-/m0/s1. The first kappa shape index (κ1) is 15.7. The molecule has 1 fully saturated rings. The van der Waals surface area contributed by atoms with Crippen LogP contribution in [0.1, 0.15) is 5.56 Å². The molecule has 0 aromatic heterocycles. The van der Waals surface area contributed by atoms with Gasteiger partial charge in [-0.05, 0) is 16.7 Å². The van der Waals surface area contributed by atoms with E-state index in [9.17, 15) is 14.5 Å². The summed E-state index contributed by atoms with van der Waals surface area (Å²) in [5.74, 6) is 0.723. The van der Waals surface area contributed by atoms with Gasteiger partial charge in [-0.2, -0.15) is 0 Å². The van der Waals surface area contributed by atoms with E-state index in [4.69, 9.17) is 0 Å². The second kappa shape index (κ2) is 7.36. The average molecular weight is 313 g/mol. The number of thioether (sulfide) groups is 1. The van der Waals surface area contributed by atoms with Crippen molar-refractivity contribution >= 4 is 28.8 Å². The number of hydrogen-bond donors (Lipinski definition) is 1. The summed E-state index contributed by atoms with van der Waals surface area (Å²) >= 11 is 0.450. The molecule has 1 N–H and O–H groups in total. The van der Waals surface area contributed by atoms with E-state index in [1.165, 1.54) is 6.26 Å². The van der Waals surface area contributed by atoms with Crippen LogP contribution in [0.3, 0.4) is 0 Å². The van der Waals surface area contributed by atoms with Crippen molar-refractivity contribution in [3.8, 4) is 0 Å². The number of carbonyl (C=O) groups excluding carboxylic acids is 1. The maximum atomic E-state index is 12.0. The molecule has 20 heavy (non-hydrogen) atoms. The van der Waals surface area contributed by atoms with Crippen LogP contribution in [0.5, 0.6) is 0 Å². The zero-order valence-corrected chi connectivity index (χ0v) is 13.0. The quantitative estimate of drug-likeness (QED) is 0.819. The Hall–Kier alpha value is -0.690. The highest BCUT2D eigenvalue weighted by Crippen LogP contribution is 2.28. The monoisotopic (exact) mass is 313 g/mol. The van der Waals surface area contributed by atoms with Crippen molar-refractivity contribution in [3.63, 3.8) is 0 Å². The van der Waals surface area contributed by atoms with Crippen LogP contribution in [-0.4, -0.2) is 56.3 Å². The maximum Gasteiger partial charge on any atom is 0.273 e. The van der Waals surface area contributed by atoms with Crippen LogP contribution in [0.25, 0.3) is 0 Å². The van der Waals surface area contributed by atoms with Crippen LogP contribution < -0.4 is 0 Å². The molecule has 1 aliphatic rings. The number of aliphatic hydroxyl groups excluding tert-OH is 1. The lowest BCUT2D eigenvalue weighted by Gasteiger charge is -2.27. The number of hydrogen-bond acceptors (Lipinski definition) is 4. The average Bonchev–Trinajstić information content (AvgIpc) is 2.88. The lowest BCUT2D eigenvalue weighted by atomic mass is 10.1. The van der Waals surface area contributed by atoms with Gasteiger partial charge in [0.05, 0.1) is 12.4 Å². The number of nitrogens with zero attached hydrogens (tertiary/aromatic N) is 1. The Labute approximate surface area is 126 Å². The summed E-state index contributed by atoms with van der Waals surface area (Å²) in [5, 5.41) is 10.1. The van der Waals surface area contributed by atoms with Crippen molar-refractivity contribution < 1.29 is 14.5 Å². The summed E-state index contributed by atoms with van der Waals surface area (Å²) in [6.07, 6.45) is 1.45. The third-order valence-corrected chi connectivity index (χ3v) is 5.17. The fourth-order valence-corrected chi connectivity index (χ4v) is 4.07. The minimum Gasteiger partial charge on any atom is -0.616 e. The molecule has 3 atom stereocenters. The molecule has 0 spiro atoms. The summed E-state index contributed by atoms with van der Waals surface area (Å²) in [6, 6.07) is 9.75. The van der Waals surface area contributed by atoms with Gasteiger partial charge < -0.3 is 14.6 Å². The molecule has 0 saturated carbocycles. The van der Waals surface area contributed by atoms with Crippen molar-refractivity contribution in [1.29, 1.82) is 0 Å². The fourth-order valence-electron chi connectivity index (χ4n) is 2.29. The van der Waals surface area contributed by atoms with E-state index in [-0.39, 0.29) is 17.0 Å². The molecule has 1 aromatic rings. The number of carbonyl (C=O) groups is 1. The predicted molar refractivity (Wildman–Crippen MR) is 83.0 cm³/mol. The highest BCUT2D eigenvalue weighted by Gasteiger charge is 2.35. The van der Waals surface area contributed by atoms with Gasteiger partial charge in [-0.15, -0.1) is 11.8 Å². The van der Waals surface area contributed by atoms with Gasteiger partial charge in [0.1, 0.15) is 5.37 Å². The fraction of sp³-hybridized carbons (Fsp3) is 0.500. The van der Waals surface area contributed by atoms with Crippen LogP contribution >= 0.6 is 11.8 Å². The van der Waals surface area contributed by atoms with Crippen molar-refractivity contribution in [1.82, 2.24) is 4.90 Å². The van der Waals surface area contributed by atoms with Crippen molar-refractivity contribution in [3.05, 3.63) is 35.9 Å². The normalized spacial score (nSPS) is 21.8. The first-order valence-electron chi connectivity index (χ1n) is 6.51. The summed E-state index contributed by atoms with van der Waals surface area (Å²) in [6.45, 7) is 0.622. The van der Waals surface area contributed by atoms with Crippen molar-refractivity contribution in [2.24, 2.45) is 0 Å². The molecule has 1 aromatic carbocycles. The first-order valence-corrected chi connectivity index (χ1v) is 9.28. The molecule has 0 bridgehead atoms. The van der Waals surface area contributed by atoms with Crippen LogP contribution in [0, 0.1) is 0 Å². The van der Waals surface area contributed by atoms with Gasteiger partial charge in [0.2, 0.25) is 0 Å². The van der Waals surface area contributed by atoms with E-state index in [0.29, 0.717) is 13.0 Å². The molecule has 6 heteroatoms. The summed E-state index contributed by atoms with van der Waals surface area (Å²) in [7, 11) is 0. The summed E-state index contributed by atoms with van der Waals surface area (Å²) in [5.41, 5.74) is 1.05. The van der Waals surface area contributed by atoms with Crippen LogP contribution in [0.15, 0.2) is 30.3 Å². The molecule has 1 saturated heterocycles. The molecular formula is C14H19NO3S2. The van der Waals surface area contributed by atoms with Crippen molar-refractivity contribution in [2.75, 3.05) is 24.3 Å². The molecule has 110 valence electrons. The van der Waals surface area contributed by atoms with E-state index >= 15 is 0 Å². The van der Waals surface area contributed by atoms with E-state index in [0.717, 1.165) is 11.3 Å². The Bertz CT molecular complexity index is 441. The smallest absolute Gasteiger partial charge is 0.273 e. The number of aliphatic hydroxyl groups is 1. The summed E-state index contributed by atoms with van der Waals surface area (Å²) in [4.78, 5) is 13.7. The molecule has 1 amide bonds. The van der Waals surface area contributed by atoms with E-state index in [2.05, 4.69) is 0 Å². The van der Waals surface area contributed by atoms with Crippen molar-refractivity contribution in [2.45, 2.75) is 17.9 Å². The van der Waals surface area contributed by atoms with E-state index in [1.54, 1.807) is 16.7 Å².